The molecule has 2 N–H and O–H groups in total. The summed E-state index contributed by atoms with van der Waals surface area (Å²) in [6.45, 7) is 0.874. The van der Waals surface area contributed by atoms with Gasteiger partial charge in [0, 0.05) is 0 Å². The van der Waals surface area contributed by atoms with E-state index in [2.05, 4.69) is 43.7 Å². The number of ether oxygens (including phenoxy) is 1. The first-order valence-corrected chi connectivity index (χ1v) is 9.00. The Labute approximate surface area is 149 Å². The number of hydrogen-bond donors (Lipinski definition) is 2. The van der Waals surface area contributed by atoms with Crippen LogP contribution >= 0.6 is 0 Å². The second-order valence-corrected chi connectivity index (χ2v) is 7.01. The Morgan fingerprint density at radius 3 is 2.64 bits per heavy atom. The van der Waals surface area contributed by atoms with Crippen molar-refractivity contribution in [2.45, 2.75) is 25.3 Å². The van der Waals surface area contributed by atoms with Crippen molar-refractivity contribution in [3.8, 4) is 5.75 Å². The van der Waals surface area contributed by atoms with E-state index in [-0.39, 0.29) is 18.6 Å². The average Bonchev–Trinajstić information content (AvgIpc) is 3.07. The van der Waals surface area contributed by atoms with Gasteiger partial charge in [0.15, 0.2) is 6.61 Å². The lowest BCUT2D eigenvalue weighted by Crippen LogP contribution is -3.06. The van der Waals surface area contributed by atoms with E-state index >= 15 is 0 Å². The van der Waals surface area contributed by atoms with Crippen LogP contribution in [-0.2, 0) is 17.6 Å². The highest BCUT2D eigenvalue weighted by molar-refractivity contribution is 5.78. The standard InChI is InChI=1S/C21H26N2O2/c1-23(2)14-20(17-7-4-3-5-8-17)22-21(24)15-25-19-12-11-16-9-6-10-18(16)13-19/h3-5,7-8,11-13,20H,6,9-10,14-15H2,1-2H3,(H,22,24)/p+1/t20-/m0/s1. The number of benzene rings is 2. The lowest BCUT2D eigenvalue weighted by atomic mass is 10.1. The van der Waals surface area contributed by atoms with E-state index < -0.39 is 0 Å². The fraction of sp³-hybridized carbons (Fsp3) is 0.381. The van der Waals surface area contributed by atoms with E-state index in [0.717, 1.165) is 30.7 Å². The molecule has 3 rings (SSSR count). The van der Waals surface area contributed by atoms with Crippen LogP contribution in [0, 0.1) is 0 Å². The molecule has 2 aromatic rings. The van der Waals surface area contributed by atoms with Crippen LogP contribution in [0.1, 0.15) is 29.2 Å². The zero-order valence-electron chi connectivity index (χ0n) is 15.0. The van der Waals surface area contributed by atoms with E-state index in [1.54, 1.807) is 0 Å². The summed E-state index contributed by atoms with van der Waals surface area (Å²) in [4.78, 5) is 13.7. The Hall–Kier alpha value is -2.33. The van der Waals surface area contributed by atoms with Crippen LogP contribution < -0.4 is 15.0 Å². The number of amides is 1. The monoisotopic (exact) mass is 339 g/mol. The first kappa shape index (κ1) is 17.5. The highest BCUT2D eigenvalue weighted by Gasteiger charge is 2.18. The molecule has 0 fully saturated rings. The molecular formula is C21H27N2O2+. The molecule has 0 heterocycles. The molecule has 1 amide bonds. The number of carbonyl (C=O) groups excluding carboxylic acids is 1. The van der Waals surface area contributed by atoms with Crippen LogP contribution in [-0.4, -0.2) is 33.2 Å². The number of likely N-dealkylation sites (N-methyl/N-ethyl adjacent to an activating group) is 1. The van der Waals surface area contributed by atoms with Gasteiger partial charge in [-0.2, -0.15) is 0 Å². The second-order valence-electron chi connectivity index (χ2n) is 7.01. The summed E-state index contributed by atoms with van der Waals surface area (Å²) in [5, 5.41) is 3.10. The maximum absolute atomic E-state index is 12.4. The second kappa shape index (κ2) is 8.17. The predicted molar refractivity (Wildman–Crippen MR) is 99.0 cm³/mol. The highest BCUT2D eigenvalue weighted by Crippen LogP contribution is 2.25. The number of aryl methyl sites for hydroxylation is 2. The SMILES string of the molecule is C[NH+](C)C[C@H](NC(=O)COc1ccc2c(c1)CCC2)c1ccccc1. The first-order chi connectivity index (χ1) is 12.1. The molecular weight excluding hydrogens is 312 g/mol. The van der Waals surface area contributed by atoms with Gasteiger partial charge in [-0.15, -0.1) is 0 Å². The van der Waals surface area contributed by atoms with Crippen molar-refractivity contribution in [2.75, 3.05) is 27.2 Å². The first-order valence-electron chi connectivity index (χ1n) is 9.00. The summed E-state index contributed by atoms with van der Waals surface area (Å²) >= 11 is 0. The molecule has 0 saturated carbocycles. The van der Waals surface area contributed by atoms with Gasteiger partial charge in [-0.1, -0.05) is 36.4 Å². The number of carbonyl (C=O) groups is 1. The van der Waals surface area contributed by atoms with Crippen LogP contribution in [0.25, 0.3) is 0 Å². The third-order valence-electron chi connectivity index (χ3n) is 4.59. The van der Waals surface area contributed by atoms with Gasteiger partial charge in [0.05, 0.1) is 14.1 Å². The molecule has 0 aliphatic heterocycles. The van der Waals surface area contributed by atoms with Crippen molar-refractivity contribution in [2.24, 2.45) is 0 Å². The molecule has 0 saturated heterocycles. The fourth-order valence-corrected chi connectivity index (χ4v) is 3.37. The minimum absolute atomic E-state index is 0.0117. The molecule has 1 atom stereocenters. The maximum Gasteiger partial charge on any atom is 0.258 e. The number of nitrogens with one attached hydrogen (secondary N) is 2. The average molecular weight is 339 g/mol. The molecule has 0 spiro atoms. The summed E-state index contributed by atoms with van der Waals surface area (Å²) in [6, 6.07) is 16.2. The summed E-state index contributed by atoms with van der Waals surface area (Å²) in [7, 11) is 4.17. The predicted octanol–water partition coefficient (Wildman–Crippen LogP) is 1.56. The molecule has 132 valence electrons. The molecule has 0 aromatic heterocycles. The van der Waals surface area contributed by atoms with Crippen molar-refractivity contribution >= 4 is 5.91 Å². The van der Waals surface area contributed by atoms with E-state index in [4.69, 9.17) is 4.74 Å². The van der Waals surface area contributed by atoms with Gasteiger partial charge in [0.2, 0.25) is 0 Å². The van der Waals surface area contributed by atoms with Crippen LogP contribution in [0.4, 0.5) is 0 Å². The Morgan fingerprint density at radius 1 is 1.12 bits per heavy atom. The van der Waals surface area contributed by atoms with Crippen molar-refractivity contribution < 1.29 is 14.4 Å². The van der Waals surface area contributed by atoms with Crippen LogP contribution in [0.3, 0.4) is 0 Å². The summed E-state index contributed by atoms with van der Waals surface area (Å²) in [5.74, 6) is 0.695. The van der Waals surface area contributed by atoms with Gasteiger partial charge in [0.25, 0.3) is 5.91 Å². The Morgan fingerprint density at radius 2 is 1.88 bits per heavy atom. The van der Waals surface area contributed by atoms with E-state index in [0.29, 0.717) is 0 Å². The molecule has 0 radical (unpaired) electrons. The van der Waals surface area contributed by atoms with Crippen molar-refractivity contribution in [1.29, 1.82) is 0 Å². The van der Waals surface area contributed by atoms with Gasteiger partial charge >= 0.3 is 0 Å². The van der Waals surface area contributed by atoms with E-state index in [1.807, 2.05) is 24.3 Å². The van der Waals surface area contributed by atoms with Gasteiger partial charge < -0.3 is 15.0 Å². The molecule has 0 bridgehead atoms. The highest BCUT2D eigenvalue weighted by atomic mass is 16.5. The number of quaternary nitrogens is 1. The molecule has 0 unspecified atom stereocenters. The Bertz CT molecular complexity index is 713. The smallest absolute Gasteiger partial charge is 0.258 e. The van der Waals surface area contributed by atoms with Gasteiger partial charge in [-0.05, 0) is 48.1 Å². The molecule has 4 heteroatoms. The summed E-state index contributed by atoms with van der Waals surface area (Å²) in [6.07, 6.45) is 3.48. The zero-order chi connectivity index (χ0) is 17.6. The Kier molecular flexibility index (Phi) is 5.71. The largest absolute Gasteiger partial charge is 0.484 e. The van der Waals surface area contributed by atoms with Crippen LogP contribution in [0.15, 0.2) is 48.5 Å². The van der Waals surface area contributed by atoms with Gasteiger partial charge in [-0.25, -0.2) is 0 Å². The molecule has 4 nitrogen and oxygen atoms in total. The zero-order valence-corrected chi connectivity index (χ0v) is 15.0. The van der Waals surface area contributed by atoms with Crippen LogP contribution in [0.2, 0.25) is 0 Å². The number of hydrogen-bond acceptors (Lipinski definition) is 2. The van der Waals surface area contributed by atoms with Gasteiger partial charge in [-0.3, -0.25) is 4.79 Å². The molecule has 2 aromatic carbocycles. The molecule has 1 aliphatic carbocycles. The van der Waals surface area contributed by atoms with Crippen LogP contribution in [0.5, 0.6) is 5.75 Å². The maximum atomic E-state index is 12.4. The minimum atomic E-state index is -0.0874. The van der Waals surface area contributed by atoms with Gasteiger partial charge in [0.1, 0.15) is 18.3 Å². The number of rotatable bonds is 7. The quantitative estimate of drug-likeness (QED) is 0.804. The normalized spacial score (nSPS) is 14.2. The van der Waals surface area contributed by atoms with E-state index in [1.165, 1.54) is 22.4 Å². The Balaban J connectivity index is 1.58. The lowest BCUT2D eigenvalue weighted by Gasteiger charge is -2.21. The topological polar surface area (TPSA) is 42.8 Å². The van der Waals surface area contributed by atoms with Crippen molar-refractivity contribution in [3.05, 3.63) is 65.2 Å². The third-order valence-corrected chi connectivity index (χ3v) is 4.59. The molecule has 25 heavy (non-hydrogen) atoms. The minimum Gasteiger partial charge on any atom is -0.484 e. The van der Waals surface area contributed by atoms with Crippen molar-refractivity contribution in [3.63, 3.8) is 0 Å². The molecule has 1 aliphatic rings. The third kappa shape index (κ3) is 4.83. The lowest BCUT2D eigenvalue weighted by molar-refractivity contribution is -0.860. The summed E-state index contributed by atoms with van der Waals surface area (Å²) < 4.78 is 5.72. The van der Waals surface area contributed by atoms with E-state index in [9.17, 15) is 4.79 Å². The fourth-order valence-electron chi connectivity index (χ4n) is 3.37. The summed E-state index contributed by atoms with van der Waals surface area (Å²) in [5.41, 5.74) is 3.89. The number of fused-ring (bicyclic) bond motifs is 1. The van der Waals surface area contributed by atoms with Crippen molar-refractivity contribution in [1.82, 2.24) is 5.32 Å².